The summed E-state index contributed by atoms with van der Waals surface area (Å²) < 4.78 is 0. The Morgan fingerprint density at radius 1 is 0.404 bits per heavy atom. The first-order chi connectivity index (χ1) is 23.3. The molecule has 2 saturated heterocycles. The molecule has 47 heavy (non-hydrogen) atoms. The van der Waals surface area contributed by atoms with Crippen molar-refractivity contribution in [2.75, 3.05) is 40.9 Å². The van der Waals surface area contributed by atoms with Crippen LogP contribution in [0.1, 0.15) is 49.7 Å². The molecular weight excluding hydrogens is 571 g/mol. The van der Waals surface area contributed by atoms with Crippen LogP contribution < -0.4 is 14.7 Å². The molecule has 3 heteroatoms. The van der Waals surface area contributed by atoms with E-state index in [1.54, 1.807) is 0 Å². The third-order valence-electron chi connectivity index (χ3n) is 10.9. The van der Waals surface area contributed by atoms with Crippen LogP contribution in [0.5, 0.6) is 0 Å². The van der Waals surface area contributed by atoms with Crippen LogP contribution in [0.25, 0.3) is 32.7 Å². The summed E-state index contributed by atoms with van der Waals surface area (Å²) in [6, 6.07) is 44.1. The van der Waals surface area contributed by atoms with Gasteiger partial charge in [-0.05, 0) is 121 Å². The summed E-state index contributed by atoms with van der Waals surface area (Å²) in [7, 11) is 0. The SMILES string of the molecule is c1ccc(-c2c3cc(N4CCCCC4)ccc3c(N3c4ccccc4CCc4ccccc43)c3cc(N4CCCCC4)ccc23)cc1. The molecule has 0 aliphatic carbocycles. The van der Waals surface area contributed by atoms with Crippen molar-refractivity contribution in [2.45, 2.75) is 51.4 Å². The van der Waals surface area contributed by atoms with Crippen LogP contribution in [0.4, 0.5) is 28.4 Å². The molecule has 0 saturated carbocycles. The molecule has 0 N–H and O–H groups in total. The van der Waals surface area contributed by atoms with Gasteiger partial charge in [-0.25, -0.2) is 0 Å². The standard InChI is InChI=1S/C44H43N3/c1-4-16-34(17-5-1)43-37-24-22-36(46-28-12-3-13-29-46)31-40(37)44(38-25-23-35(30-39(38)43)45-26-10-2-11-27-45)47-41-18-8-6-14-32(41)20-21-33-15-7-9-19-42(33)47/h1,4-9,14-19,22-25,30-31H,2-3,10-13,20-21,26-29H2. The molecule has 3 nitrogen and oxygen atoms in total. The highest BCUT2D eigenvalue weighted by Crippen LogP contribution is 2.51. The van der Waals surface area contributed by atoms with E-state index in [2.05, 4.69) is 130 Å². The Hall–Kier alpha value is -4.76. The van der Waals surface area contributed by atoms with E-state index in [9.17, 15) is 0 Å². The number of hydrogen-bond acceptors (Lipinski definition) is 3. The number of para-hydroxylation sites is 2. The zero-order valence-electron chi connectivity index (χ0n) is 27.3. The lowest BCUT2D eigenvalue weighted by Gasteiger charge is -2.33. The van der Waals surface area contributed by atoms with Crippen LogP contribution >= 0.6 is 0 Å². The maximum Gasteiger partial charge on any atom is 0.0619 e. The summed E-state index contributed by atoms with van der Waals surface area (Å²) >= 11 is 0. The first kappa shape index (κ1) is 28.5. The fourth-order valence-corrected chi connectivity index (χ4v) is 8.56. The fraction of sp³-hybridized carbons (Fsp3) is 0.273. The fourth-order valence-electron chi connectivity index (χ4n) is 8.56. The summed E-state index contributed by atoms with van der Waals surface area (Å²) in [5, 5.41) is 5.32. The number of piperidine rings is 2. The maximum absolute atomic E-state index is 2.62. The van der Waals surface area contributed by atoms with Gasteiger partial charge in [-0.15, -0.1) is 0 Å². The predicted molar refractivity (Wildman–Crippen MR) is 201 cm³/mol. The van der Waals surface area contributed by atoms with Crippen LogP contribution in [0.3, 0.4) is 0 Å². The maximum atomic E-state index is 2.62. The van der Waals surface area contributed by atoms with Crippen LogP contribution in [0, 0.1) is 0 Å². The van der Waals surface area contributed by atoms with Crippen LogP contribution in [0.15, 0.2) is 115 Å². The first-order valence-electron chi connectivity index (χ1n) is 17.9. The molecule has 2 fully saturated rings. The number of anilines is 5. The molecule has 0 unspecified atom stereocenters. The van der Waals surface area contributed by atoms with Gasteiger partial charge < -0.3 is 14.7 Å². The summed E-state index contributed by atoms with van der Waals surface area (Å²) in [4.78, 5) is 7.85. The van der Waals surface area contributed by atoms with E-state index < -0.39 is 0 Å². The first-order valence-corrected chi connectivity index (χ1v) is 17.9. The van der Waals surface area contributed by atoms with E-state index in [-0.39, 0.29) is 0 Å². The lowest BCUT2D eigenvalue weighted by Crippen LogP contribution is -2.29. The molecule has 0 radical (unpaired) electrons. The summed E-state index contributed by atoms with van der Waals surface area (Å²) in [6.45, 7) is 4.54. The molecule has 0 amide bonds. The van der Waals surface area contributed by atoms with Gasteiger partial charge in [-0.1, -0.05) is 78.9 Å². The molecule has 234 valence electrons. The van der Waals surface area contributed by atoms with Crippen LogP contribution in [-0.4, -0.2) is 26.2 Å². The number of hydrogen-bond donors (Lipinski definition) is 0. The Labute approximate surface area is 279 Å². The average Bonchev–Trinajstić information content (AvgIpc) is 3.31. The van der Waals surface area contributed by atoms with Gasteiger partial charge in [0.1, 0.15) is 0 Å². The monoisotopic (exact) mass is 613 g/mol. The number of rotatable bonds is 4. The molecule has 3 aliphatic rings. The van der Waals surface area contributed by atoms with E-state index in [0.717, 1.165) is 39.0 Å². The van der Waals surface area contributed by atoms with Crippen molar-refractivity contribution in [1.82, 2.24) is 0 Å². The zero-order valence-corrected chi connectivity index (χ0v) is 27.3. The molecule has 0 atom stereocenters. The molecule has 0 spiro atoms. The van der Waals surface area contributed by atoms with Crippen molar-refractivity contribution in [3.63, 3.8) is 0 Å². The van der Waals surface area contributed by atoms with Crippen molar-refractivity contribution in [3.05, 3.63) is 126 Å². The minimum atomic E-state index is 1.04. The molecular formula is C44H43N3. The predicted octanol–water partition coefficient (Wildman–Crippen LogP) is 11.2. The zero-order chi connectivity index (χ0) is 31.2. The third-order valence-corrected chi connectivity index (χ3v) is 10.9. The van der Waals surface area contributed by atoms with Crippen molar-refractivity contribution in [1.29, 1.82) is 0 Å². The lowest BCUT2D eigenvalue weighted by atomic mass is 9.88. The largest absolute Gasteiger partial charge is 0.372 e. The van der Waals surface area contributed by atoms with E-state index in [4.69, 9.17) is 0 Å². The highest BCUT2D eigenvalue weighted by Gasteiger charge is 2.28. The van der Waals surface area contributed by atoms with Crippen molar-refractivity contribution >= 4 is 50.0 Å². The smallest absolute Gasteiger partial charge is 0.0619 e. The Kier molecular flexibility index (Phi) is 7.34. The Balaban J connectivity index is 1.41. The van der Waals surface area contributed by atoms with Crippen LogP contribution in [0.2, 0.25) is 0 Å². The highest BCUT2D eigenvalue weighted by atomic mass is 15.2. The van der Waals surface area contributed by atoms with Crippen LogP contribution in [-0.2, 0) is 12.8 Å². The average molecular weight is 614 g/mol. The molecule has 3 heterocycles. The van der Waals surface area contributed by atoms with Gasteiger partial charge in [0, 0.05) is 59.7 Å². The van der Waals surface area contributed by atoms with Gasteiger partial charge in [0.2, 0.25) is 0 Å². The Morgan fingerprint density at radius 2 is 0.915 bits per heavy atom. The highest BCUT2D eigenvalue weighted by molar-refractivity contribution is 6.23. The molecule has 9 rings (SSSR count). The van der Waals surface area contributed by atoms with E-state index in [1.807, 2.05) is 0 Å². The summed E-state index contributed by atoms with van der Waals surface area (Å²) in [6.07, 6.45) is 9.83. The second kappa shape index (κ2) is 12.1. The minimum absolute atomic E-state index is 1.04. The quantitative estimate of drug-likeness (QED) is 0.183. The van der Waals surface area contributed by atoms with Gasteiger partial charge in [0.25, 0.3) is 0 Å². The van der Waals surface area contributed by atoms with Crippen molar-refractivity contribution < 1.29 is 0 Å². The minimum Gasteiger partial charge on any atom is -0.372 e. The summed E-state index contributed by atoms with van der Waals surface area (Å²) in [5.74, 6) is 0. The van der Waals surface area contributed by atoms with E-state index in [0.29, 0.717) is 0 Å². The molecule has 0 aromatic heterocycles. The topological polar surface area (TPSA) is 9.72 Å². The third kappa shape index (κ3) is 5.04. The number of aryl methyl sites for hydroxylation is 2. The van der Waals surface area contributed by atoms with Gasteiger partial charge in [0.05, 0.1) is 5.69 Å². The Bertz CT molecular complexity index is 2020. The van der Waals surface area contributed by atoms with Crippen molar-refractivity contribution in [3.8, 4) is 11.1 Å². The molecule has 6 aromatic carbocycles. The van der Waals surface area contributed by atoms with E-state index in [1.165, 1.54) is 111 Å². The normalized spacial score (nSPS) is 16.6. The molecule has 3 aliphatic heterocycles. The molecule has 6 aromatic rings. The van der Waals surface area contributed by atoms with Gasteiger partial charge in [0.15, 0.2) is 0 Å². The number of fused-ring (bicyclic) bond motifs is 4. The lowest BCUT2D eigenvalue weighted by molar-refractivity contribution is 0.578. The second-order valence-corrected chi connectivity index (χ2v) is 13.7. The number of nitrogens with zero attached hydrogens (tertiary/aromatic N) is 3. The van der Waals surface area contributed by atoms with Gasteiger partial charge in [-0.3, -0.25) is 0 Å². The molecule has 0 bridgehead atoms. The van der Waals surface area contributed by atoms with Gasteiger partial charge >= 0.3 is 0 Å². The summed E-state index contributed by atoms with van der Waals surface area (Å²) in [5.41, 5.74) is 12.1. The second-order valence-electron chi connectivity index (χ2n) is 13.7. The van der Waals surface area contributed by atoms with Gasteiger partial charge in [-0.2, -0.15) is 0 Å². The van der Waals surface area contributed by atoms with E-state index >= 15 is 0 Å². The van der Waals surface area contributed by atoms with Crippen molar-refractivity contribution in [2.24, 2.45) is 0 Å². The number of benzene rings is 6. The Morgan fingerprint density at radius 3 is 1.51 bits per heavy atom.